The average Bonchev–Trinajstić information content (AvgIpc) is 2.95. The van der Waals surface area contributed by atoms with Crippen molar-refractivity contribution in [3.8, 4) is 5.69 Å². The lowest BCUT2D eigenvalue weighted by molar-refractivity contribution is -0.155. The van der Waals surface area contributed by atoms with Crippen molar-refractivity contribution in [1.29, 1.82) is 0 Å². The van der Waals surface area contributed by atoms with E-state index in [4.69, 9.17) is 5.11 Å². The van der Waals surface area contributed by atoms with Crippen LogP contribution in [0.3, 0.4) is 0 Å². The summed E-state index contributed by atoms with van der Waals surface area (Å²) in [5, 5.41) is 20.8. The summed E-state index contributed by atoms with van der Waals surface area (Å²) in [6.07, 6.45) is 2.86. The van der Waals surface area contributed by atoms with E-state index < -0.39 is 24.0 Å². The van der Waals surface area contributed by atoms with Crippen molar-refractivity contribution in [2.24, 2.45) is 0 Å². The van der Waals surface area contributed by atoms with Gasteiger partial charge in [-0.15, -0.1) is 0 Å². The number of nitrogens with zero attached hydrogens (tertiary/aromatic N) is 2. The van der Waals surface area contributed by atoms with Gasteiger partial charge in [0.05, 0.1) is 19.1 Å². The molecular formula is C14H15N3O4. The Kier molecular flexibility index (Phi) is 4.04. The number of benzene rings is 1. The molecule has 0 saturated carbocycles. The summed E-state index contributed by atoms with van der Waals surface area (Å²) >= 11 is 0. The highest BCUT2D eigenvalue weighted by Gasteiger charge is 2.30. The first-order valence-corrected chi connectivity index (χ1v) is 6.23. The van der Waals surface area contributed by atoms with E-state index in [2.05, 4.69) is 10.3 Å². The summed E-state index contributed by atoms with van der Waals surface area (Å²) in [4.78, 5) is 26.8. The van der Waals surface area contributed by atoms with Crippen LogP contribution in [0.15, 0.2) is 42.9 Å². The Hall–Kier alpha value is -2.67. The number of carbonyl (C=O) groups is 2. The molecule has 2 rings (SSSR count). The van der Waals surface area contributed by atoms with Gasteiger partial charge in [-0.3, -0.25) is 9.36 Å². The third-order valence-corrected chi connectivity index (χ3v) is 2.96. The highest BCUT2D eigenvalue weighted by molar-refractivity contribution is 5.93. The second-order valence-corrected chi connectivity index (χ2v) is 4.75. The third-order valence-electron chi connectivity index (χ3n) is 2.96. The van der Waals surface area contributed by atoms with Gasteiger partial charge in [-0.2, -0.15) is 0 Å². The molecule has 1 aromatic carbocycles. The highest BCUT2D eigenvalue weighted by atomic mass is 16.4. The summed E-state index contributed by atoms with van der Waals surface area (Å²) in [5.74, 6) is -1.92. The second kappa shape index (κ2) is 5.76. The summed E-state index contributed by atoms with van der Waals surface area (Å²) in [5.41, 5.74) is -1.01. The van der Waals surface area contributed by atoms with Crippen LogP contribution in [0.2, 0.25) is 0 Å². The van der Waals surface area contributed by atoms with Gasteiger partial charge in [-0.05, 0) is 19.1 Å². The van der Waals surface area contributed by atoms with Crippen LogP contribution in [0.4, 0.5) is 0 Å². The van der Waals surface area contributed by atoms with Crippen molar-refractivity contribution in [3.63, 3.8) is 0 Å². The smallest absolute Gasteiger partial charge is 0.337 e. The Morgan fingerprint density at radius 2 is 2.00 bits per heavy atom. The van der Waals surface area contributed by atoms with E-state index in [1.165, 1.54) is 12.5 Å². The summed E-state index contributed by atoms with van der Waals surface area (Å²) in [7, 11) is 0. The molecule has 0 radical (unpaired) electrons. The Morgan fingerprint density at radius 1 is 1.33 bits per heavy atom. The zero-order valence-corrected chi connectivity index (χ0v) is 11.4. The summed E-state index contributed by atoms with van der Waals surface area (Å²) < 4.78 is 1.57. The fourth-order valence-corrected chi connectivity index (χ4v) is 1.68. The second-order valence-electron chi connectivity index (χ2n) is 4.75. The number of para-hydroxylation sites is 1. The van der Waals surface area contributed by atoms with E-state index in [0.717, 1.165) is 12.6 Å². The average molecular weight is 289 g/mol. The molecule has 2 aromatic rings. The minimum atomic E-state index is -2.02. The molecule has 3 N–H and O–H groups in total. The SMILES string of the molecule is CC(O)(CNC(=O)c1cncn1-c1ccccc1)C(=O)O. The van der Waals surface area contributed by atoms with Gasteiger partial charge in [-0.1, -0.05) is 18.2 Å². The number of carbonyl (C=O) groups excluding carboxylic acids is 1. The first-order valence-electron chi connectivity index (χ1n) is 6.23. The van der Waals surface area contributed by atoms with Crippen molar-refractivity contribution in [1.82, 2.24) is 14.9 Å². The molecule has 1 heterocycles. The molecule has 0 spiro atoms. The largest absolute Gasteiger partial charge is 0.479 e. The highest BCUT2D eigenvalue weighted by Crippen LogP contribution is 2.11. The molecule has 1 unspecified atom stereocenters. The third kappa shape index (κ3) is 3.26. The van der Waals surface area contributed by atoms with Gasteiger partial charge < -0.3 is 15.5 Å². The summed E-state index contributed by atoms with van der Waals surface area (Å²) in [6, 6.07) is 9.13. The molecule has 0 aliphatic carbocycles. The van der Waals surface area contributed by atoms with Gasteiger partial charge in [-0.25, -0.2) is 9.78 Å². The van der Waals surface area contributed by atoms with Gasteiger partial charge in [0.2, 0.25) is 0 Å². The van der Waals surface area contributed by atoms with Crippen LogP contribution >= 0.6 is 0 Å². The molecule has 7 nitrogen and oxygen atoms in total. The Morgan fingerprint density at radius 3 is 2.62 bits per heavy atom. The van der Waals surface area contributed by atoms with E-state index in [0.29, 0.717) is 0 Å². The fourth-order valence-electron chi connectivity index (χ4n) is 1.68. The first kappa shape index (κ1) is 14.7. The van der Waals surface area contributed by atoms with Crippen molar-refractivity contribution in [2.45, 2.75) is 12.5 Å². The minimum absolute atomic E-state index is 0.252. The number of nitrogens with one attached hydrogen (secondary N) is 1. The molecular weight excluding hydrogens is 274 g/mol. The standard InChI is InChI=1S/C14H15N3O4/c1-14(21,13(19)20)8-16-12(18)11-7-15-9-17(11)10-5-3-2-4-6-10/h2-7,9,21H,8H2,1H3,(H,16,18)(H,19,20). The van der Waals surface area contributed by atoms with Gasteiger partial charge in [0.1, 0.15) is 5.69 Å². The van der Waals surface area contributed by atoms with E-state index in [1.54, 1.807) is 4.57 Å². The van der Waals surface area contributed by atoms with Crippen molar-refractivity contribution >= 4 is 11.9 Å². The number of hydrogen-bond donors (Lipinski definition) is 3. The van der Waals surface area contributed by atoms with Crippen LogP contribution in [0.25, 0.3) is 5.69 Å². The molecule has 1 amide bonds. The number of aliphatic hydroxyl groups is 1. The fraction of sp³-hybridized carbons (Fsp3) is 0.214. The van der Waals surface area contributed by atoms with Crippen molar-refractivity contribution in [2.75, 3.05) is 6.54 Å². The minimum Gasteiger partial charge on any atom is -0.479 e. The molecule has 1 atom stereocenters. The van der Waals surface area contributed by atoms with Crippen LogP contribution in [0.5, 0.6) is 0 Å². The normalized spacial score (nSPS) is 13.4. The zero-order valence-electron chi connectivity index (χ0n) is 11.4. The lowest BCUT2D eigenvalue weighted by atomic mass is 10.1. The van der Waals surface area contributed by atoms with Gasteiger partial charge >= 0.3 is 5.97 Å². The lowest BCUT2D eigenvalue weighted by Crippen LogP contribution is -2.46. The summed E-state index contributed by atoms with van der Waals surface area (Å²) in [6.45, 7) is 0.714. The molecule has 0 fully saturated rings. The van der Waals surface area contributed by atoms with Crippen molar-refractivity contribution in [3.05, 3.63) is 48.5 Å². The maximum Gasteiger partial charge on any atom is 0.337 e. The van der Waals surface area contributed by atoms with E-state index >= 15 is 0 Å². The van der Waals surface area contributed by atoms with Gasteiger partial charge in [0, 0.05) is 5.69 Å². The molecule has 1 aromatic heterocycles. The molecule has 21 heavy (non-hydrogen) atoms. The van der Waals surface area contributed by atoms with Crippen LogP contribution in [0.1, 0.15) is 17.4 Å². The Labute approximate surface area is 120 Å². The van der Waals surface area contributed by atoms with Crippen LogP contribution < -0.4 is 5.32 Å². The predicted molar refractivity (Wildman–Crippen MR) is 74.2 cm³/mol. The van der Waals surface area contributed by atoms with Crippen LogP contribution in [-0.4, -0.2) is 43.8 Å². The van der Waals surface area contributed by atoms with E-state index in [-0.39, 0.29) is 5.69 Å². The number of aromatic nitrogens is 2. The molecule has 0 aliphatic rings. The van der Waals surface area contributed by atoms with Crippen LogP contribution in [0, 0.1) is 0 Å². The number of aliphatic carboxylic acids is 1. The van der Waals surface area contributed by atoms with Gasteiger partial charge in [0.25, 0.3) is 5.91 Å². The molecule has 0 bridgehead atoms. The lowest BCUT2D eigenvalue weighted by Gasteiger charge is -2.18. The molecule has 7 heteroatoms. The number of carboxylic acid groups (broad SMARTS) is 1. The van der Waals surface area contributed by atoms with Gasteiger partial charge in [0.15, 0.2) is 5.60 Å². The predicted octanol–water partition coefficient (Wildman–Crippen LogP) is 0.438. The maximum atomic E-state index is 12.1. The van der Waals surface area contributed by atoms with E-state index in [1.807, 2.05) is 30.3 Å². The zero-order chi connectivity index (χ0) is 15.5. The van der Waals surface area contributed by atoms with Crippen LogP contribution in [-0.2, 0) is 4.79 Å². The quantitative estimate of drug-likeness (QED) is 0.740. The number of imidazole rings is 1. The number of rotatable bonds is 5. The molecule has 0 aliphatic heterocycles. The van der Waals surface area contributed by atoms with Crippen molar-refractivity contribution < 1.29 is 19.8 Å². The molecule has 110 valence electrons. The molecule has 0 saturated heterocycles. The number of carboxylic acids is 1. The first-order chi connectivity index (χ1) is 9.92. The number of amides is 1. The topological polar surface area (TPSA) is 104 Å². The number of hydrogen-bond acceptors (Lipinski definition) is 4. The van der Waals surface area contributed by atoms with E-state index in [9.17, 15) is 14.7 Å². The Balaban J connectivity index is 2.15. The maximum absolute atomic E-state index is 12.1. The Bertz CT molecular complexity index is 649. The monoisotopic (exact) mass is 289 g/mol.